The lowest BCUT2D eigenvalue weighted by Gasteiger charge is -2.04. The lowest BCUT2D eigenvalue weighted by Crippen LogP contribution is -1.97. The summed E-state index contributed by atoms with van der Waals surface area (Å²) >= 11 is 0. The van der Waals surface area contributed by atoms with Crippen LogP contribution in [0.25, 0.3) is 5.65 Å². The van der Waals surface area contributed by atoms with E-state index in [0.717, 1.165) is 24.3 Å². The summed E-state index contributed by atoms with van der Waals surface area (Å²) in [7, 11) is 0. The van der Waals surface area contributed by atoms with E-state index in [1.807, 2.05) is 0 Å². The highest BCUT2D eigenvalue weighted by molar-refractivity contribution is 5.39. The van der Waals surface area contributed by atoms with Crippen LogP contribution in [0.5, 0.6) is 0 Å². The fourth-order valence-corrected chi connectivity index (χ4v) is 2.41. The summed E-state index contributed by atoms with van der Waals surface area (Å²) in [6.45, 7) is 4.47. The topological polar surface area (TPSA) is 30.2 Å². The van der Waals surface area contributed by atoms with Gasteiger partial charge in [0, 0.05) is 12.6 Å². The van der Waals surface area contributed by atoms with Gasteiger partial charge in [-0.2, -0.15) is 0 Å². The fraction of sp³-hybridized carbons (Fsp3) is 0.625. The molecule has 0 amide bonds. The second-order valence-electron chi connectivity index (χ2n) is 5.30. The van der Waals surface area contributed by atoms with E-state index < -0.39 is 0 Å². The Morgan fingerprint density at radius 1 is 0.895 bits per heavy atom. The normalized spacial score (nSPS) is 11.3. The molecule has 0 saturated heterocycles. The maximum atomic E-state index is 4.32. The summed E-state index contributed by atoms with van der Waals surface area (Å²) in [5, 5.41) is 8.57. The summed E-state index contributed by atoms with van der Waals surface area (Å²) < 4.78 is 2.18. The Morgan fingerprint density at radius 2 is 1.63 bits per heavy atom. The predicted octanol–water partition coefficient (Wildman–Crippen LogP) is 4.19. The Morgan fingerprint density at radius 3 is 2.37 bits per heavy atom. The molecule has 2 rings (SSSR count). The van der Waals surface area contributed by atoms with Gasteiger partial charge < -0.3 is 0 Å². The number of pyridine rings is 1. The quantitative estimate of drug-likeness (QED) is 0.665. The maximum Gasteiger partial charge on any atom is 0.160 e. The third kappa shape index (κ3) is 3.79. The van der Waals surface area contributed by atoms with E-state index in [9.17, 15) is 0 Å². The standard InChI is InChI=1S/C16H25N3/c1-3-5-7-9-14-11-12-16-18-17-15(19(16)13-14)10-8-6-4-2/h11-13H,3-10H2,1-2H3. The monoisotopic (exact) mass is 259 g/mol. The van der Waals surface area contributed by atoms with Crippen LogP contribution in [0.2, 0.25) is 0 Å². The Balaban J connectivity index is 2.08. The van der Waals surface area contributed by atoms with Gasteiger partial charge in [-0.3, -0.25) is 4.40 Å². The van der Waals surface area contributed by atoms with E-state index in [-0.39, 0.29) is 0 Å². The van der Waals surface area contributed by atoms with Crippen LogP contribution in [0.15, 0.2) is 18.3 Å². The first kappa shape index (κ1) is 14.0. The van der Waals surface area contributed by atoms with Gasteiger partial charge in [-0.05, 0) is 30.9 Å². The van der Waals surface area contributed by atoms with Crippen molar-refractivity contribution in [1.29, 1.82) is 0 Å². The van der Waals surface area contributed by atoms with E-state index in [4.69, 9.17) is 0 Å². The lowest BCUT2D eigenvalue weighted by atomic mass is 10.1. The van der Waals surface area contributed by atoms with Crippen molar-refractivity contribution in [3.05, 3.63) is 29.7 Å². The second kappa shape index (κ2) is 7.27. The van der Waals surface area contributed by atoms with Crippen molar-refractivity contribution in [2.24, 2.45) is 0 Å². The highest BCUT2D eigenvalue weighted by Crippen LogP contribution is 2.12. The molecular formula is C16H25N3. The van der Waals surface area contributed by atoms with Crippen molar-refractivity contribution >= 4 is 5.65 Å². The van der Waals surface area contributed by atoms with Gasteiger partial charge in [0.1, 0.15) is 5.82 Å². The molecule has 104 valence electrons. The minimum absolute atomic E-state index is 0.978. The zero-order valence-corrected chi connectivity index (χ0v) is 12.2. The van der Waals surface area contributed by atoms with E-state index in [1.54, 1.807) is 0 Å². The van der Waals surface area contributed by atoms with Crippen LogP contribution < -0.4 is 0 Å². The minimum Gasteiger partial charge on any atom is -0.286 e. The highest BCUT2D eigenvalue weighted by atomic mass is 15.2. The molecule has 0 unspecified atom stereocenters. The molecule has 19 heavy (non-hydrogen) atoms. The molecule has 0 aliphatic heterocycles. The Kier molecular flexibility index (Phi) is 5.37. The summed E-state index contributed by atoms with van der Waals surface area (Å²) in [6.07, 6.45) is 12.0. The summed E-state index contributed by atoms with van der Waals surface area (Å²) in [4.78, 5) is 0. The second-order valence-corrected chi connectivity index (χ2v) is 5.30. The number of nitrogens with zero attached hydrogens (tertiary/aromatic N) is 3. The molecule has 0 bridgehead atoms. The van der Waals surface area contributed by atoms with E-state index in [1.165, 1.54) is 44.1 Å². The van der Waals surface area contributed by atoms with E-state index >= 15 is 0 Å². The number of unbranched alkanes of at least 4 members (excludes halogenated alkanes) is 4. The Labute approximate surface area is 116 Å². The number of aryl methyl sites for hydroxylation is 2. The molecule has 0 fully saturated rings. The zero-order valence-electron chi connectivity index (χ0n) is 12.2. The number of aromatic nitrogens is 3. The molecule has 0 aliphatic carbocycles. The van der Waals surface area contributed by atoms with Crippen LogP contribution >= 0.6 is 0 Å². The van der Waals surface area contributed by atoms with Crippen LogP contribution in [0.3, 0.4) is 0 Å². The van der Waals surface area contributed by atoms with Gasteiger partial charge in [0.05, 0.1) is 0 Å². The highest BCUT2D eigenvalue weighted by Gasteiger charge is 2.05. The van der Waals surface area contributed by atoms with E-state index in [2.05, 4.69) is 46.8 Å². The molecule has 3 heteroatoms. The summed E-state index contributed by atoms with van der Waals surface area (Å²) in [6, 6.07) is 4.28. The van der Waals surface area contributed by atoms with Gasteiger partial charge in [-0.25, -0.2) is 0 Å². The Hall–Kier alpha value is -1.38. The fourth-order valence-electron chi connectivity index (χ4n) is 2.41. The zero-order chi connectivity index (χ0) is 13.5. The number of hydrogen-bond acceptors (Lipinski definition) is 2. The van der Waals surface area contributed by atoms with Crippen LogP contribution in [0.4, 0.5) is 0 Å². The molecule has 2 aromatic rings. The van der Waals surface area contributed by atoms with Gasteiger partial charge in [0.25, 0.3) is 0 Å². The van der Waals surface area contributed by atoms with Gasteiger partial charge in [0.2, 0.25) is 0 Å². The van der Waals surface area contributed by atoms with Crippen LogP contribution in [0, 0.1) is 0 Å². The average molecular weight is 259 g/mol. The molecule has 0 N–H and O–H groups in total. The largest absolute Gasteiger partial charge is 0.286 e. The summed E-state index contributed by atoms with van der Waals surface area (Å²) in [5.41, 5.74) is 2.38. The molecule has 3 nitrogen and oxygen atoms in total. The molecule has 0 aliphatic rings. The van der Waals surface area contributed by atoms with Gasteiger partial charge in [-0.15, -0.1) is 10.2 Å². The van der Waals surface area contributed by atoms with Crippen molar-refractivity contribution < 1.29 is 0 Å². The Bertz CT molecular complexity index is 502. The lowest BCUT2D eigenvalue weighted by molar-refractivity contribution is 0.686. The number of hydrogen-bond donors (Lipinski definition) is 0. The van der Waals surface area contributed by atoms with Gasteiger partial charge in [-0.1, -0.05) is 45.6 Å². The molecule has 0 aromatic carbocycles. The number of rotatable bonds is 8. The molecule has 2 aromatic heterocycles. The van der Waals surface area contributed by atoms with E-state index in [0.29, 0.717) is 0 Å². The molecule has 0 spiro atoms. The first-order chi connectivity index (χ1) is 9.35. The van der Waals surface area contributed by atoms with Crippen molar-refractivity contribution in [2.45, 2.75) is 65.2 Å². The molecule has 0 radical (unpaired) electrons. The maximum absolute atomic E-state index is 4.32. The average Bonchev–Trinajstić information content (AvgIpc) is 2.82. The van der Waals surface area contributed by atoms with Crippen LogP contribution in [0.1, 0.15) is 63.8 Å². The summed E-state index contributed by atoms with van der Waals surface area (Å²) in [5.74, 6) is 1.11. The number of fused-ring (bicyclic) bond motifs is 1. The molecular weight excluding hydrogens is 234 g/mol. The molecule has 2 heterocycles. The van der Waals surface area contributed by atoms with Crippen LogP contribution in [-0.4, -0.2) is 14.6 Å². The first-order valence-corrected chi connectivity index (χ1v) is 7.67. The molecule has 0 atom stereocenters. The molecule has 0 saturated carbocycles. The SMILES string of the molecule is CCCCCc1ccc2nnc(CCCCC)n2c1. The first-order valence-electron chi connectivity index (χ1n) is 7.67. The minimum atomic E-state index is 0.978. The van der Waals surface area contributed by atoms with Crippen molar-refractivity contribution in [3.8, 4) is 0 Å². The van der Waals surface area contributed by atoms with Crippen molar-refractivity contribution in [3.63, 3.8) is 0 Å². The van der Waals surface area contributed by atoms with Gasteiger partial charge in [0.15, 0.2) is 5.65 Å². The third-order valence-electron chi connectivity index (χ3n) is 3.61. The predicted molar refractivity (Wildman–Crippen MR) is 79.4 cm³/mol. The van der Waals surface area contributed by atoms with Crippen molar-refractivity contribution in [1.82, 2.24) is 14.6 Å². The van der Waals surface area contributed by atoms with Gasteiger partial charge >= 0.3 is 0 Å². The van der Waals surface area contributed by atoms with Crippen molar-refractivity contribution in [2.75, 3.05) is 0 Å². The third-order valence-corrected chi connectivity index (χ3v) is 3.61. The smallest absolute Gasteiger partial charge is 0.160 e. The van der Waals surface area contributed by atoms with Crippen LogP contribution in [-0.2, 0) is 12.8 Å².